The van der Waals surface area contributed by atoms with Gasteiger partial charge in [0.2, 0.25) is 5.91 Å². The fourth-order valence-electron chi connectivity index (χ4n) is 3.28. The Bertz CT molecular complexity index is 819. The summed E-state index contributed by atoms with van der Waals surface area (Å²) in [7, 11) is 3.10. The minimum absolute atomic E-state index is 0.158. The summed E-state index contributed by atoms with van der Waals surface area (Å²) in [6, 6.07) is 14.4. The summed E-state index contributed by atoms with van der Waals surface area (Å²) in [4.78, 5) is 27.3. The van der Waals surface area contributed by atoms with E-state index in [9.17, 15) is 9.59 Å². The molecule has 0 radical (unpaired) electrons. The van der Waals surface area contributed by atoms with Gasteiger partial charge < -0.3 is 24.4 Å². The number of methoxy groups -OCH3 is 2. The van der Waals surface area contributed by atoms with Gasteiger partial charge in [-0.15, -0.1) is 0 Å². The lowest BCUT2D eigenvalue weighted by Gasteiger charge is -2.30. The van der Waals surface area contributed by atoms with E-state index in [-0.39, 0.29) is 18.4 Å². The molecule has 2 aromatic carbocycles. The van der Waals surface area contributed by atoms with Gasteiger partial charge in [0, 0.05) is 31.3 Å². The molecule has 2 aromatic rings. The van der Waals surface area contributed by atoms with Crippen LogP contribution in [0.5, 0.6) is 17.2 Å². The maximum Gasteiger partial charge on any atom is 0.261 e. The van der Waals surface area contributed by atoms with Crippen LogP contribution in [-0.4, -0.2) is 56.7 Å². The minimum Gasteiger partial charge on any atom is -0.496 e. The van der Waals surface area contributed by atoms with Gasteiger partial charge in [-0.2, -0.15) is 0 Å². The molecule has 0 aliphatic heterocycles. The Balaban J connectivity index is 2.15. The van der Waals surface area contributed by atoms with Crippen LogP contribution in [0, 0.1) is 0 Å². The maximum absolute atomic E-state index is 13.1. The first kappa shape index (κ1) is 24.1. The van der Waals surface area contributed by atoms with Crippen molar-refractivity contribution in [1.82, 2.24) is 10.2 Å². The maximum atomic E-state index is 13.1. The number of rotatable bonds is 12. The zero-order chi connectivity index (χ0) is 22.6. The van der Waals surface area contributed by atoms with E-state index in [0.29, 0.717) is 43.2 Å². The molecular formula is C24H32N2O5. The van der Waals surface area contributed by atoms with Crippen LogP contribution in [0.4, 0.5) is 0 Å². The number of nitrogens with one attached hydrogen (secondary N) is 1. The van der Waals surface area contributed by atoms with Crippen molar-refractivity contribution in [3.8, 4) is 17.2 Å². The standard InChI is InChI=1S/C24H32N2O5/c1-5-22(24(28)25-6-2)26(13-12-18-10-8-7-9-11-18)23(27)17-31-21-15-19(29-3)14-20(16-21)30-4/h7-11,14-16,22H,5-6,12-13,17H2,1-4H3,(H,25,28)/t22-/m0/s1. The lowest BCUT2D eigenvalue weighted by molar-refractivity contribution is -0.142. The van der Waals surface area contributed by atoms with Gasteiger partial charge in [-0.25, -0.2) is 0 Å². The highest BCUT2D eigenvalue weighted by atomic mass is 16.5. The van der Waals surface area contributed by atoms with Gasteiger partial charge in [0.15, 0.2) is 6.61 Å². The van der Waals surface area contributed by atoms with Crippen LogP contribution in [0.2, 0.25) is 0 Å². The highest BCUT2D eigenvalue weighted by Crippen LogP contribution is 2.27. The van der Waals surface area contributed by atoms with Crippen LogP contribution in [0.1, 0.15) is 25.8 Å². The van der Waals surface area contributed by atoms with Crippen molar-refractivity contribution in [3.05, 3.63) is 54.1 Å². The summed E-state index contributed by atoms with van der Waals surface area (Å²) < 4.78 is 16.2. The summed E-state index contributed by atoms with van der Waals surface area (Å²) in [5.41, 5.74) is 1.10. The lowest BCUT2D eigenvalue weighted by Crippen LogP contribution is -2.51. The Kier molecular flexibility index (Phi) is 9.68. The number of ether oxygens (including phenoxy) is 3. The van der Waals surface area contributed by atoms with Crippen molar-refractivity contribution in [3.63, 3.8) is 0 Å². The summed E-state index contributed by atoms with van der Waals surface area (Å²) in [6.45, 7) is 4.50. The van der Waals surface area contributed by atoms with Gasteiger partial charge in [0.05, 0.1) is 14.2 Å². The number of hydrogen-bond donors (Lipinski definition) is 1. The quantitative estimate of drug-likeness (QED) is 0.562. The number of nitrogens with zero attached hydrogens (tertiary/aromatic N) is 1. The van der Waals surface area contributed by atoms with Gasteiger partial charge in [-0.3, -0.25) is 9.59 Å². The molecule has 0 spiro atoms. The van der Waals surface area contributed by atoms with E-state index in [1.54, 1.807) is 37.3 Å². The minimum atomic E-state index is -0.556. The van der Waals surface area contributed by atoms with E-state index in [0.717, 1.165) is 5.56 Å². The first-order valence-electron chi connectivity index (χ1n) is 10.5. The molecule has 0 saturated carbocycles. The van der Waals surface area contributed by atoms with Gasteiger partial charge in [-0.05, 0) is 25.3 Å². The summed E-state index contributed by atoms with van der Waals surface area (Å²) >= 11 is 0. The predicted molar refractivity (Wildman–Crippen MR) is 120 cm³/mol. The number of hydrogen-bond acceptors (Lipinski definition) is 5. The average Bonchev–Trinajstić information content (AvgIpc) is 2.80. The smallest absolute Gasteiger partial charge is 0.261 e. The summed E-state index contributed by atoms with van der Waals surface area (Å²) in [5, 5.41) is 2.83. The largest absolute Gasteiger partial charge is 0.496 e. The van der Waals surface area contributed by atoms with Crippen molar-refractivity contribution >= 4 is 11.8 Å². The Morgan fingerprint density at radius 1 is 0.968 bits per heavy atom. The van der Waals surface area contributed by atoms with E-state index >= 15 is 0 Å². The Morgan fingerprint density at radius 3 is 2.13 bits per heavy atom. The molecule has 1 N–H and O–H groups in total. The molecule has 0 aromatic heterocycles. The van der Waals surface area contributed by atoms with Crippen LogP contribution in [0.25, 0.3) is 0 Å². The Morgan fingerprint density at radius 2 is 1.58 bits per heavy atom. The monoisotopic (exact) mass is 428 g/mol. The Hall–Kier alpha value is -3.22. The number of amides is 2. The third-order valence-corrected chi connectivity index (χ3v) is 4.91. The van der Waals surface area contributed by atoms with Gasteiger partial charge in [-0.1, -0.05) is 37.3 Å². The van der Waals surface area contributed by atoms with Gasteiger partial charge in [0.25, 0.3) is 5.91 Å². The molecule has 31 heavy (non-hydrogen) atoms. The second kappa shape index (κ2) is 12.5. The van der Waals surface area contributed by atoms with Crippen molar-refractivity contribution in [1.29, 1.82) is 0 Å². The molecule has 7 heteroatoms. The van der Waals surface area contributed by atoms with E-state index in [1.807, 2.05) is 44.2 Å². The molecule has 2 rings (SSSR count). The molecule has 0 saturated heterocycles. The van der Waals surface area contributed by atoms with Crippen molar-refractivity contribution in [2.75, 3.05) is 33.9 Å². The topological polar surface area (TPSA) is 77.1 Å². The SMILES string of the molecule is CCNC(=O)[C@H](CC)N(CCc1ccccc1)C(=O)COc1cc(OC)cc(OC)c1. The number of carbonyl (C=O) groups excluding carboxylic acids is 2. The fraction of sp³-hybridized carbons (Fsp3) is 0.417. The predicted octanol–water partition coefficient (Wildman–Crippen LogP) is 3.07. The molecule has 0 unspecified atom stereocenters. The molecule has 7 nitrogen and oxygen atoms in total. The molecule has 0 bridgehead atoms. The highest BCUT2D eigenvalue weighted by Gasteiger charge is 2.28. The fourth-order valence-corrected chi connectivity index (χ4v) is 3.28. The number of carbonyl (C=O) groups is 2. The molecule has 0 aliphatic rings. The molecule has 168 valence electrons. The average molecular weight is 429 g/mol. The van der Waals surface area contributed by atoms with Crippen molar-refractivity contribution < 1.29 is 23.8 Å². The van der Waals surface area contributed by atoms with E-state index < -0.39 is 6.04 Å². The third kappa shape index (κ3) is 7.20. The van der Waals surface area contributed by atoms with Gasteiger partial charge in [0.1, 0.15) is 23.3 Å². The van der Waals surface area contributed by atoms with Crippen LogP contribution in [-0.2, 0) is 16.0 Å². The summed E-state index contributed by atoms with van der Waals surface area (Å²) in [5.74, 6) is 1.18. The second-order valence-corrected chi connectivity index (χ2v) is 6.98. The zero-order valence-corrected chi connectivity index (χ0v) is 18.7. The van der Waals surface area contributed by atoms with Crippen LogP contribution < -0.4 is 19.5 Å². The third-order valence-electron chi connectivity index (χ3n) is 4.91. The highest BCUT2D eigenvalue weighted by molar-refractivity contribution is 5.88. The molecule has 0 fully saturated rings. The van der Waals surface area contributed by atoms with Gasteiger partial charge >= 0.3 is 0 Å². The van der Waals surface area contributed by atoms with Crippen molar-refractivity contribution in [2.24, 2.45) is 0 Å². The van der Waals surface area contributed by atoms with E-state index in [1.165, 1.54) is 0 Å². The molecular weight excluding hydrogens is 396 g/mol. The zero-order valence-electron chi connectivity index (χ0n) is 18.7. The first-order valence-corrected chi connectivity index (χ1v) is 10.5. The second-order valence-electron chi connectivity index (χ2n) is 6.98. The lowest BCUT2D eigenvalue weighted by atomic mass is 10.1. The first-order chi connectivity index (χ1) is 15.0. The number of benzene rings is 2. The van der Waals surface area contributed by atoms with Crippen molar-refractivity contribution in [2.45, 2.75) is 32.7 Å². The Labute approximate surface area is 184 Å². The molecule has 0 heterocycles. The van der Waals surface area contributed by atoms with E-state index in [2.05, 4.69) is 5.32 Å². The molecule has 0 aliphatic carbocycles. The molecule has 2 amide bonds. The normalized spacial score (nSPS) is 11.4. The van der Waals surface area contributed by atoms with Crippen LogP contribution in [0.15, 0.2) is 48.5 Å². The van der Waals surface area contributed by atoms with E-state index in [4.69, 9.17) is 14.2 Å². The summed E-state index contributed by atoms with van der Waals surface area (Å²) in [6.07, 6.45) is 1.16. The van der Waals surface area contributed by atoms with Crippen LogP contribution >= 0.6 is 0 Å². The molecule has 1 atom stereocenters. The number of likely N-dealkylation sites (N-methyl/N-ethyl adjacent to an activating group) is 1. The van der Waals surface area contributed by atoms with Crippen LogP contribution in [0.3, 0.4) is 0 Å².